The third-order valence-corrected chi connectivity index (χ3v) is 2.83. The Hall–Kier alpha value is -1.20. The number of halogens is 1. The smallest absolute Gasteiger partial charge is 0.550 e. The van der Waals surface area contributed by atoms with Crippen molar-refractivity contribution in [2.45, 2.75) is 6.42 Å². The molecule has 98 valence electrons. The molecule has 0 radical (unpaired) electrons. The van der Waals surface area contributed by atoms with Gasteiger partial charge in [-0.1, -0.05) is 23.7 Å². The normalized spacial score (nSPS) is 9.65. The van der Waals surface area contributed by atoms with Crippen molar-refractivity contribution < 1.29 is 44.2 Å². The summed E-state index contributed by atoms with van der Waals surface area (Å²) in [5.41, 5.74) is 6.52. The second-order valence-electron chi connectivity index (χ2n) is 3.94. The number of benzene rings is 2. The summed E-state index contributed by atoms with van der Waals surface area (Å²) in [6.45, 7) is 0. The fourth-order valence-electron chi connectivity index (χ4n) is 1.61. The zero-order valence-electron chi connectivity index (χ0n) is 10.9. The number of carbonyl (C=O) groups excluding carboxylic acids is 1. The molecule has 0 aliphatic carbocycles. The molecule has 2 N–H and O–H groups in total. The molecule has 0 fully saturated rings. The van der Waals surface area contributed by atoms with Gasteiger partial charge in [-0.05, 0) is 35.9 Å². The van der Waals surface area contributed by atoms with E-state index in [-0.39, 0.29) is 36.0 Å². The molecule has 0 aliphatic rings. The minimum absolute atomic E-state index is 0. The number of nitrogen functional groups attached to an aromatic ring is 1. The molecule has 2 aromatic carbocycles. The van der Waals surface area contributed by atoms with Gasteiger partial charge in [0.2, 0.25) is 0 Å². The Labute approximate surface area is 143 Å². The van der Waals surface area contributed by atoms with Gasteiger partial charge in [0, 0.05) is 18.1 Å². The monoisotopic (exact) mass is 299 g/mol. The number of carbonyl (C=O) groups is 1. The van der Waals surface area contributed by atoms with Gasteiger partial charge in [0.1, 0.15) is 11.5 Å². The Morgan fingerprint density at radius 1 is 1.25 bits per heavy atom. The van der Waals surface area contributed by atoms with E-state index in [4.69, 9.17) is 22.1 Å². The van der Waals surface area contributed by atoms with E-state index in [1.165, 1.54) is 0 Å². The summed E-state index contributed by atoms with van der Waals surface area (Å²) in [5, 5.41) is 11.1. The number of hydrogen-bond acceptors (Lipinski definition) is 4. The molecule has 20 heavy (non-hydrogen) atoms. The molecule has 0 atom stereocenters. The van der Waals surface area contributed by atoms with E-state index in [0.717, 1.165) is 0 Å². The SMILES string of the molecule is Nc1ccc(Oc2ccccc2Cl)cc1CC(=O)[O-].[Na+]. The molecule has 0 bridgehead atoms. The van der Waals surface area contributed by atoms with Crippen LogP contribution in [0.2, 0.25) is 5.02 Å². The minimum atomic E-state index is -1.19. The fraction of sp³-hybridized carbons (Fsp3) is 0.0714. The molecule has 0 heterocycles. The van der Waals surface area contributed by atoms with Gasteiger partial charge >= 0.3 is 29.6 Å². The van der Waals surface area contributed by atoms with E-state index in [1.54, 1.807) is 42.5 Å². The van der Waals surface area contributed by atoms with Gasteiger partial charge in [-0.3, -0.25) is 0 Å². The van der Waals surface area contributed by atoms with Crippen LogP contribution in [0.4, 0.5) is 5.69 Å². The number of ether oxygens (including phenoxy) is 1. The molecule has 2 rings (SSSR count). The van der Waals surface area contributed by atoms with Crippen LogP contribution in [-0.2, 0) is 11.2 Å². The second-order valence-corrected chi connectivity index (χ2v) is 4.35. The maximum absolute atomic E-state index is 10.6. The van der Waals surface area contributed by atoms with Gasteiger partial charge in [-0.2, -0.15) is 0 Å². The van der Waals surface area contributed by atoms with Gasteiger partial charge in [-0.25, -0.2) is 0 Å². The fourth-order valence-corrected chi connectivity index (χ4v) is 1.78. The van der Waals surface area contributed by atoms with Crippen LogP contribution in [0, 0.1) is 0 Å². The second kappa shape index (κ2) is 7.55. The Bertz CT molecular complexity index is 619. The molecule has 0 unspecified atom stereocenters. The summed E-state index contributed by atoms with van der Waals surface area (Å²) in [6, 6.07) is 11.8. The van der Waals surface area contributed by atoms with Crippen LogP contribution in [0.25, 0.3) is 0 Å². The van der Waals surface area contributed by atoms with Crippen molar-refractivity contribution in [1.29, 1.82) is 0 Å². The van der Waals surface area contributed by atoms with Crippen LogP contribution in [0.15, 0.2) is 42.5 Å². The predicted molar refractivity (Wildman–Crippen MR) is 71.1 cm³/mol. The van der Waals surface area contributed by atoms with Crippen molar-refractivity contribution >= 4 is 23.3 Å². The first-order valence-electron chi connectivity index (χ1n) is 5.57. The number of anilines is 1. The molecule has 0 spiro atoms. The van der Waals surface area contributed by atoms with Crippen molar-refractivity contribution in [3.05, 3.63) is 53.1 Å². The molecule has 4 nitrogen and oxygen atoms in total. The first-order chi connectivity index (χ1) is 9.06. The van der Waals surface area contributed by atoms with Crippen LogP contribution in [0.5, 0.6) is 11.5 Å². The van der Waals surface area contributed by atoms with Crippen molar-refractivity contribution in [2.24, 2.45) is 0 Å². The number of hydrogen-bond donors (Lipinski definition) is 1. The third kappa shape index (κ3) is 4.42. The average Bonchev–Trinajstić information content (AvgIpc) is 2.35. The average molecular weight is 300 g/mol. The van der Waals surface area contributed by atoms with Crippen molar-refractivity contribution in [2.75, 3.05) is 5.73 Å². The molecule has 0 saturated carbocycles. The molecule has 0 saturated heterocycles. The number of carboxylic acid groups (broad SMARTS) is 1. The Morgan fingerprint density at radius 3 is 2.60 bits per heavy atom. The van der Waals surface area contributed by atoms with E-state index in [0.29, 0.717) is 27.8 Å². The molecule has 2 aromatic rings. The Morgan fingerprint density at radius 2 is 1.95 bits per heavy atom. The van der Waals surface area contributed by atoms with Crippen molar-refractivity contribution in [3.63, 3.8) is 0 Å². The Balaban J connectivity index is 0.00000200. The summed E-state index contributed by atoms with van der Waals surface area (Å²) >= 11 is 5.98. The van der Waals surface area contributed by atoms with E-state index >= 15 is 0 Å². The standard InChI is InChI=1S/C14H12ClNO3.Na/c15-11-3-1-2-4-13(11)19-10-5-6-12(16)9(7-10)8-14(17)18;/h1-7H,8,16H2,(H,17,18);/q;+1/p-1. The van der Waals surface area contributed by atoms with Gasteiger partial charge in [0.05, 0.1) is 5.02 Å². The summed E-state index contributed by atoms with van der Waals surface area (Å²) in [7, 11) is 0. The van der Waals surface area contributed by atoms with Gasteiger partial charge < -0.3 is 20.4 Å². The topological polar surface area (TPSA) is 75.4 Å². The van der Waals surface area contributed by atoms with E-state index in [9.17, 15) is 9.90 Å². The number of nitrogens with two attached hydrogens (primary N) is 1. The maximum atomic E-state index is 10.6. The number of para-hydroxylation sites is 1. The molecule has 6 heteroatoms. The van der Waals surface area contributed by atoms with Gasteiger partial charge in [0.25, 0.3) is 0 Å². The minimum Gasteiger partial charge on any atom is -0.550 e. The quantitative estimate of drug-likeness (QED) is 0.581. The number of rotatable bonds is 4. The molecule has 0 aliphatic heterocycles. The molecule has 0 aromatic heterocycles. The molecular formula is C14H11ClNNaO3. The molecule has 0 amide bonds. The predicted octanol–water partition coefficient (Wildman–Crippen LogP) is -0.989. The largest absolute Gasteiger partial charge is 1.00 e. The number of carboxylic acids is 1. The Kier molecular flexibility index (Phi) is 6.36. The first-order valence-corrected chi connectivity index (χ1v) is 5.94. The van der Waals surface area contributed by atoms with Gasteiger partial charge in [-0.15, -0.1) is 0 Å². The summed E-state index contributed by atoms with van der Waals surface area (Å²) < 4.78 is 5.59. The maximum Gasteiger partial charge on any atom is 1.00 e. The van der Waals surface area contributed by atoms with E-state index in [1.807, 2.05) is 0 Å². The zero-order chi connectivity index (χ0) is 13.8. The van der Waals surface area contributed by atoms with Gasteiger partial charge in [0.15, 0.2) is 0 Å². The first kappa shape index (κ1) is 16.9. The third-order valence-electron chi connectivity index (χ3n) is 2.51. The van der Waals surface area contributed by atoms with Crippen LogP contribution in [-0.4, -0.2) is 5.97 Å². The van der Waals surface area contributed by atoms with E-state index < -0.39 is 5.97 Å². The van der Waals surface area contributed by atoms with Crippen LogP contribution >= 0.6 is 11.6 Å². The van der Waals surface area contributed by atoms with Crippen LogP contribution in [0.1, 0.15) is 5.56 Å². The summed E-state index contributed by atoms with van der Waals surface area (Å²) in [4.78, 5) is 10.6. The molecular weight excluding hydrogens is 289 g/mol. The summed E-state index contributed by atoms with van der Waals surface area (Å²) in [6.07, 6.45) is -0.258. The van der Waals surface area contributed by atoms with Crippen molar-refractivity contribution in [1.82, 2.24) is 0 Å². The van der Waals surface area contributed by atoms with Crippen LogP contribution < -0.4 is 45.1 Å². The summed E-state index contributed by atoms with van der Waals surface area (Å²) in [5.74, 6) is -0.228. The van der Waals surface area contributed by atoms with Crippen molar-refractivity contribution in [3.8, 4) is 11.5 Å². The zero-order valence-corrected chi connectivity index (χ0v) is 13.7. The van der Waals surface area contributed by atoms with E-state index in [2.05, 4.69) is 0 Å². The number of aliphatic carboxylic acids is 1. The van der Waals surface area contributed by atoms with Crippen LogP contribution in [0.3, 0.4) is 0 Å².